The van der Waals surface area contributed by atoms with Crippen LogP contribution in [0.5, 0.6) is 0 Å². The van der Waals surface area contributed by atoms with Gasteiger partial charge in [-0.1, -0.05) is 12.1 Å². The number of aryl methyl sites for hydroxylation is 1. The number of carbonyl (C=O) groups is 3. The van der Waals surface area contributed by atoms with E-state index in [1.54, 1.807) is 12.1 Å². The molecule has 0 unspecified atom stereocenters. The minimum atomic E-state index is -0.605. The van der Waals surface area contributed by atoms with Crippen molar-refractivity contribution in [2.45, 2.75) is 6.92 Å². The Morgan fingerprint density at radius 1 is 1.32 bits per heavy atom. The van der Waals surface area contributed by atoms with Crippen molar-refractivity contribution in [3.8, 4) is 0 Å². The number of carbonyl (C=O) groups excluding carboxylic acids is 3. The van der Waals surface area contributed by atoms with Gasteiger partial charge < -0.3 is 10.6 Å². The van der Waals surface area contributed by atoms with Gasteiger partial charge in [0.15, 0.2) is 0 Å². The summed E-state index contributed by atoms with van der Waals surface area (Å²) in [7, 11) is 0. The van der Waals surface area contributed by atoms with Gasteiger partial charge in [0.05, 0.1) is 3.79 Å². The second-order valence-corrected chi connectivity index (χ2v) is 7.93. The lowest BCUT2D eigenvalue weighted by molar-refractivity contribution is -0.127. The number of amides is 4. The Hall–Kier alpha value is -2.45. The van der Waals surface area contributed by atoms with Gasteiger partial charge >= 0.3 is 6.03 Å². The quantitative estimate of drug-likeness (QED) is 0.588. The second-order valence-electron chi connectivity index (χ2n) is 5.44. The highest BCUT2D eigenvalue weighted by Crippen LogP contribution is 2.25. The summed E-state index contributed by atoms with van der Waals surface area (Å²) in [5.74, 6) is -0.955. The molecule has 128 valence electrons. The van der Waals surface area contributed by atoms with E-state index in [2.05, 4.69) is 26.6 Å². The molecule has 4 amide bonds. The van der Waals surface area contributed by atoms with Gasteiger partial charge in [0.2, 0.25) is 5.91 Å². The van der Waals surface area contributed by atoms with Gasteiger partial charge in [-0.15, -0.1) is 11.3 Å². The van der Waals surface area contributed by atoms with Crippen LogP contribution in [0.4, 0.5) is 10.5 Å². The Morgan fingerprint density at radius 3 is 2.80 bits per heavy atom. The van der Waals surface area contributed by atoms with Crippen LogP contribution < -0.4 is 10.6 Å². The van der Waals surface area contributed by atoms with Gasteiger partial charge in [-0.05, 0) is 58.8 Å². The molecule has 1 aromatic carbocycles. The first-order chi connectivity index (χ1) is 11.9. The van der Waals surface area contributed by atoms with Crippen molar-refractivity contribution >= 4 is 56.9 Å². The van der Waals surface area contributed by atoms with Gasteiger partial charge in [0.25, 0.3) is 5.91 Å². The summed E-state index contributed by atoms with van der Waals surface area (Å²) in [6.07, 6.45) is 1.59. The zero-order valence-electron chi connectivity index (χ0n) is 13.2. The number of thiophene rings is 1. The van der Waals surface area contributed by atoms with E-state index in [0.29, 0.717) is 5.69 Å². The Bertz CT molecular complexity index is 891. The van der Waals surface area contributed by atoms with Crippen molar-refractivity contribution in [3.05, 3.63) is 56.3 Å². The maximum Gasteiger partial charge on any atom is 0.329 e. The summed E-state index contributed by atoms with van der Waals surface area (Å²) < 4.78 is 0.922. The molecule has 3 rings (SSSR count). The number of halogens is 1. The molecule has 1 fully saturated rings. The summed E-state index contributed by atoms with van der Waals surface area (Å²) >= 11 is 4.78. The number of benzene rings is 1. The van der Waals surface area contributed by atoms with Crippen LogP contribution in [-0.2, 0) is 9.59 Å². The monoisotopic (exact) mass is 419 g/mol. The van der Waals surface area contributed by atoms with Gasteiger partial charge in [0.1, 0.15) is 12.2 Å². The van der Waals surface area contributed by atoms with E-state index in [9.17, 15) is 14.4 Å². The number of nitrogens with one attached hydrogen (secondary N) is 2. The highest BCUT2D eigenvalue weighted by Gasteiger charge is 2.35. The van der Waals surface area contributed by atoms with Crippen LogP contribution in [0.15, 0.2) is 45.9 Å². The molecule has 8 heteroatoms. The smallest absolute Gasteiger partial charge is 0.325 e. The largest absolute Gasteiger partial charge is 0.329 e. The SMILES string of the molecule is Cc1cccc(NC(=O)CN2C(=O)N/C(=C\c3ccc(Br)s3)C2=O)c1. The molecule has 0 saturated carbocycles. The lowest BCUT2D eigenvalue weighted by Crippen LogP contribution is -2.38. The van der Waals surface area contributed by atoms with Crippen molar-refractivity contribution in [2.24, 2.45) is 0 Å². The second kappa shape index (κ2) is 7.20. The molecule has 2 N–H and O–H groups in total. The standard InChI is InChI=1S/C17H14BrN3O3S/c1-10-3-2-4-11(7-10)19-15(22)9-21-16(23)13(20-17(21)24)8-12-5-6-14(18)25-12/h2-8H,9H2,1H3,(H,19,22)(H,20,24)/b13-8-. The third kappa shape index (κ3) is 4.15. The molecule has 0 atom stereocenters. The predicted octanol–water partition coefficient (Wildman–Crippen LogP) is 3.35. The Labute approximate surface area is 156 Å². The van der Waals surface area contributed by atoms with Crippen molar-refractivity contribution in [3.63, 3.8) is 0 Å². The van der Waals surface area contributed by atoms with E-state index >= 15 is 0 Å². The van der Waals surface area contributed by atoms with Crippen LogP contribution in [-0.4, -0.2) is 29.3 Å². The Balaban J connectivity index is 1.68. The molecule has 0 radical (unpaired) electrons. The molecule has 0 spiro atoms. The zero-order valence-corrected chi connectivity index (χ0v) is 15.6. The predicted molar refractivity (Wildman–Crippen MR) is 100 cm³/mol. The number of nitrogens with zero attached hydrogens (tertiary/aromatic N) is 1. The first-order valence-electron chi connectivity index (χ1n) is 7.39. The summed E-state index contributed by atoms with van der Waals surface area (Å²) in [5, 5.41) is 5.18. The number of imide groups is 1. The maximum atomic E-state index is 12.4. The lowest BCUT2D eigenvalue weighted by atomic mass is 10.2. The van der Waals surface area contributed by atoms with Crippen molar-refractivity contribution in [1.29, 1.82) is 0 Å². The maximum absolute atomic E-state index is 12.4. The van der Waals surface area contributed by atoms with Gasteiger partial charge in [-0.2, -0.15) is 0 Å². The van der Waals surface area contributed by atoms with Crippen LogP contribution in [0.2, 0.25) is 0 Å². The fourth-order valence-corrected chi connectivity index (χ4v) is 3.70. The fraction of sp³-hybridized carbons (Fsp3) is 0.118. The average molecular weight is 420 g/mol. The molecule has 1 aliphatic rings. The Kier molecular flexibility index (Phi) is 5.00. The molecule has 1 saturated heterocycles. The van der Waals surface area contributed by atoms with Crippen LogP contribution in [0.3, 0.4) is 0 Å². The van der Waals surface area contributed by atoms with Crippen molar-refractivity contribution in [2.75, 3.05) is 11.9 Å². The molecular weight excluding hydrogens is 406 g/mol. The highest BCUT2D eigenvalue weighted by molar-refractivity contribution is 9.11. The van der Waals surface area contributed by atoms with E-state index in [-0.39, 0.29) is 12.2 Å². The lowest BCUT2D eigenvalue weighted by Gasteiger charge is -2.12. The normalized spacial score (nSPS) is 15.6. The highest BCUT2D eigenvalue weighted by atomic mass is 79.9. The topological polar surface area (TPSA) is 78.5 Å². The molecule has 25 heavy (non-hydrogen) atoms. The molecular formula is C17H14BrN3O3S. The van der Waals surface area contributed by atoms with Gasteiger partial charge in [-0.3, -0.25) is 9.59 Å². The number of hydrogen-bond donors (Lipinski definition) is 2. The summed E-state index contributed by atoms with van der Waals surface area (Å²) in [4.78, 5) is 38.2. The molecule has 2 aromatic rings. The first kappa shape index (κ1) is 17.4. The minimum Gasteiger partial charge on any atom is -0.325 e. The number of urea groups is 1. The van der Waals surface area contributed by atoms with Gasteiger partial charge in [0, 0.05) is 10.6 Å². The minimum absolute atomic E-state index is 0.155. The van der Waals surface area contributed by atoms with Crippen LogP contribution in [0.1, 0.15) is 10.4 Å². The van der Waals surface area contributed by atoms with E-state index in [1.165, 1.54) is 11.3 Å². The summed E-state index contributed by atoms with van der Waals surface area (Å²) in [6.45, 7) is 1.57. The van der Waals surface area contributed by atoms with E-state index in [4.69, 9.17) is 0 Å². The van der Waals surface area contributed by atoms with Crippen LogP contribution in [0, 0.1) is 6.92 Å². The zero-order chi connectivity index (χ0) is 18.0. The molecule has 0 bridgehead atoms. The Morgan fingerprint density at radius 2 is 2.12 bits per heavy atom. The molecule has 1 aromatic heterocycles. The average Bonchev–Trinajstić information content (AvgIpc) is 3.06. The number of hydrogen-bond acceptors (Lipinski definition) is 4. The summed E-state index contributed by atoms with van der Waals surface area (Å²) in [5.41, 5.74) is 1.78. The molecule has 0 aliphatic carbocycles. The number of rotatable bonds is 4. The third-order valence-electron chi connectivity index (χ3n) is 3.45. The van der Waals surface area contributed by atoms with Gasteiger partial charge in [-0.25, -0.2) is 9.69 Å². The molecule has 6 nitrogen and oxygen atoms in total. The van der Waals surface area contributed by atoms with E-state index in [1.807, 2.05) is 37.3 Å². The van der Waals surface area contributed by atoms with Crippen molar-refractivity contribution in [1.82, 2.24) is 10.2 Å². The molecule has 2 heterocycles. The third-order valence-corrected chi connectivity index (χ3v) is 5.02. The van der Waals surface area contributed by atoms with E-state index < -0.39 is 17.8 Å². The van der Waals surface area contributed by atoms with E-state index in [0.717, 1.165) is 19.1 Å². The van der Waals surface area contributed by atoms with Crippen LogP contribution in [0.25, 0.3) is 6.08 Å². The van der Waals surface area contributed by atoms with Crippen LogP contribution >= 0.6 is 27.3 Å². The number of anilines is 1. The first-order valence-corrected chi connectivity index (χ1v) is 9.00. The molecule has 1 aliphatic heterocycles. The van der Waals surface area contributed by atoms with Crippen molar-refractivity contribution < 1.29 is 14.4 Å². The summed E-state index contributed by atoms with van der Waals surface area (Å²) in [6, 6.07) is 10.4. The fourth-order valence-electron chi connectivity index (χ4n) is 2.33.